The van der Waals surface area contributed by atoms with Gasteiger partial charge >= 0.3 is 0 Å². The first-order valence-corrected chi connectivity index (χ1v) is 7.39. The van der Waals surface area contributed by atoms with E-state index >= 15 is 0 Å². The summed E-state index contributed by atoms with van der Waals surface area (Å²) in [6.07, 6.45) is 1.48. The smallest absolute Gasteiger partial charge is 0.214 e. The Morgan fingerprint density at radius 1 is 1.14 bits per heavy atom. The van der Waals surface area contributed by atoms with E-state index in [1.807, 2.05) is 6.07 Å². The third kappa shape index (κ3) is 4.26. The summed E-state index contributed by atoms with van der Waals surface area (Å²) in [4.78, 5) is 5.96. The fraction of sp³-hybridized carbons (Fsp3) is 0.353. The number of aromatic nitrogens is 1. The molecule has 0 radical (unpaired) electrons. The minimum atomic E-state index is -0.459. The van der Waals surface area contributed by atoms with E-state index in [9.17, 15) is 4.39 Å². The summed E-state index contributed by atoms with van der Waals surface area (Å²) in [5.74, 6) is -0.459. The number of halogens is 1. The maximum atomic E-state index is 13.1. The molecule has 1 N–H and O–H groups in total. The average molecular weight is 287 g/mol. The summed E-state index contributed by atoms with van der Waals surface area (Å²) < 4.78 is 13.1. The van der Waals surface area contributed by atoms with Crippen molar-refractivity contribution >= 4 is 5.69 Å². The fourth-order valence-electron chi connectivity index (χ4n) is 2.52. The second-order valence-corrected chi connectivity index (χ2v) is 4.90. The number of pyridine rings is 1. The van der Waals surface area contributed by atoms with Crippen LogP contribution in [0.5, 0.6) is 0 Å². The molecule has 0 fully saturated rings. The lowest BCUT2D eigenvalue weighted by atomic mass is 10.0. The third-order valence-electron chi connectivity index (χ3n) is 3.66. The number of benzene rings is 1. The topological polar surface area (TPSA) is 28.2 Å². The van der Waals surface area contributed by atoms with E-state index < -0.39 is 5.95 Å². The van der Waals surface area contributed by atoms with Gasteiger partial charge in [0.15, 0.2) is 0 Å². The average Bonchev–Trinajstić information content (AvgIpc) is 2.52. The molecular weight excluding hydrogens is 265 g/mol. The molecule has 0 aliphatic carbocycles. The van der Waals surface area contributed by atoms with Crippen molar-refractivity contribution in [2.75, 3.05) is 25.0 Å². The lowest BCUT2D eigenvalue weighted by Crippen LogP contribution is -2.33. The number of likely N-dealkylation sites (N-methyl/N-ethyl adjacent to an activating group) is 1. The highest BCUT2D eigenvalue weighted by Gasteiger charge is 2.17. The van der Waals surface area contributed by atoms with Crippen molar-refractivity contribution in [3.63, 3.8) is 0 Å². The van der Waals surface area contributed by atoms with Gasteiger partial charge in [0.05, 0.1) is 6.04 Å². The van der Waals surface area contributed by atoms with Crippen LogP contribution in [0.2, 0.25) is 0 Å². The van der Waals surface area contributed by atoms with E-state index in [-0.39, 0.29) is 6.04 Å². The second kappa shape index (κ2) is 7.74. The monoisotopic (exact) mass is 287 g/mol. The Hall–Kier alpha value is -1.94. The molecule has 1 unspecified atom stereocenters. The molecule has 2 rings (SSSR count). The minimum absolute atomic E-state index is 0.262. The van der Waals surface area contributed by atoms with Crippen LogP contribution in [0.15, 0.2) is 48.7 Å². The van der Waals surface area contributed by atoms with E-state index in [2.05, 4.69) is 53.3 Å². The van der Waals surface area contributed by atoms with E-state index in [4.69, 9.17) is 0 Å². The summed E-state index contributed by atoms with van der Waals surface area (Å²) in [5.41, 5.74) is 2.03. The Labute approximate surface area is 125 Å². The van der Waals surface area contributed by atoms with Crippen LogP contribution < -0.4 is 5.32 Å². The maximum Gasteiger partial charge on any atom is 0.214 e. The molecule has 112 valence electrons. The van der Waals surface area contributed by atoms with Gasteiger partial charge in [0.1, 0.15) is 0 Å². The number of nitrogens with one attached hydrogen (secondary N) is 1. The number of nitrogens with zero attached hydrogens (tertiary/aromatic N) is 2. The standard InChI is InChI=1S/C17H22FN3/c1-3-21(4-2)16(14-8-6-5-7-9-14)13-20-15-10-11-19-17(18)12-15/h5-12,16H,3-4,13H2,1-2H3,(H,19,20). The Bertz CT molecular complexity index is 541. The number of anilines is 1. The summed E-state index contributed by atoms with van der Waals surface area (Å²) in [6.45, 7) is 7.00. The van der Waals surface area contributed by atoms with E-state index in [1.165, 1.54) is 17.8 Å². The van der Waals surface area contributed by atoms with Gasteiger partial charge in [0.2, 0.25) is 5.95 Å². The van der Waals surface area contributed by atoms with Gasteiger partial charge in [-0.2, -0.15) is 4.39 Å². The van der Waals surface area contributed by atoms with E-state index in [0.29, 0.717) is 0 Å². The predicted octanol–water partition coefficient (Wildman–Crippen LogP) is 3.72. The van der Waals surface area contributed by atoms with Crippen LogP contribution in [-0.2, 0) is 0 Å². The molecule has 0 bridgehead atoms. The van der Waals surface area contributed by atoms with Crippen LogP contribution in [0, 0.1) is 5.95 Å². The molecule has 1 atom stereocenters. The zero-order valence-corrected chi connectivity index (χ0v) is 12.6. The van der Waals surface area contributed by atoms with Crippen LogP contribution in [0.1, 0.15) is 25.5 Å². The summed E-state index contributed by atoms with van der Waals surface area (Å²) >= 11 is 0. The van der Waals surface area contributed by atoms with Crippen LogP contribution >= 0.6 is 0 Å². The van der Waals surface area contributed by atoms with Crippen molar-refractivity contribution in [1.29, 1.82) is 0 Å². The molecule has 0 saturated carbocycles. The van der Waals surface area contributed by atoms with Gasteiger partial charge in [-0.15, -0.1) is 0 Å². The molecule has 3 nitrogen and oxygen atoms in total. The van der Waals surface area contributed by atoms with Gasteiger partial charge in [0, 0.05) is 24.5 Å². The lowest BCUT2D eigenvalue weighted by molar-refractivity contribution is 0.228. The van der Waals surface area contributed by atoms with Crippen LogP contribution in [-0.4, -0.2) is 29.5 Å². The van der Waals surface area contributed by atoms with Crippen molar-refractivity contribution < 1.29 is 4.39 Å². The SMILES string of the molecule is CCN(CC)C(CNc1ccnc(F)c1)c1ccccc1. The largest absolute Gasteiger partial charge is 0.383 e. The molecule has 21 heavy (non-hydrogen) atoms. The highest BCUT2D eigenvalue weighted by Crippen LogP contribution is 2.21. The van der Waals surface area contributed by atoms with E-state index in [0.717, 1.165) is 25.3 Å². The molecule has 0 aliphatic rings. The van der Waals surface area contributed by atoms with Crippen LogP contribution in [0.25, 0.3) is 0 Å². The zero-order chi connectivity index (χ0) is 15.1. The van der Waals surface area contributed by atoms with Crippen LogP contribution in [0.3, 0.4) is 0 Å². The predicted molar refractivity (Wildman–Crippen MR) is 84.8 cm³/mol. The van der Waals surface area contributed by atoms with Crippen molar-refractivity contribution in [1.82, 2.24) is 9.88 Å². The molecule has 0 saturated heterocycles. The fourth-order valence-corrected chi connectivity index (χ4v) is 2.52. The molecule has 0 aliphatic heterocycles. The van der Waals surface area contributed by atoms with Gasteiger partial charge in [0.25, 0.3) is 0 Å². The molecule has 0 spiro atoms. The van der Waals surface area contributed by atoms with Crippen molar-refractivity contribution in [3.05, 3.63) is 60.2 Å². The molecule has 0 amide bonds. The number of hydrogen-bond donors (Lipinski definition) is 1. The van der Waals surface area contributed by atoms with E-state index in [1.54, 1.807) is 6.07 Å². The third-order valence-corrected chi connectivity index (χ3v) is 3.66. The van der Waals surface area contributed by atoms with Gasteiger partial charge in [-0.1, -0.05) is 44.2 Å². The Balaban J connectivity index is 2.13. The second-order valence-electron chi connectivity index (χ2n) is 4.90. The highest BCUT2D eigenvalue weighted by atomic mass is 19.1. The number of hydrogen-bond acceptors (Lipinski definition) is 3. The number of rotatable bonds is 7. The Kier molecular flexibility index (Phi) is 5.69. The normalized spacial score (nSPS) is 12.4. The first-order valence-electron chi connectivity index (χ1n) is 7.39. The maximum absolute atomic E-state index is 13.1. The first kappa shape index (κ1) is 15.4. The summed E-state index contributed by atoms with van der Waals surface area (Å²) in [7, 11) is 0. The molecule has 1 aromatic carbocycles. The lowest BCUT2D eigenvalue weighted by Gasteiger charge is -2.30. The van der Waals surface area contributed by atoms with Gasteiger partial charge in [-0.3, -0.25) is 4.90 Å². The minimum Gasteiger partial charge on any atom is -0.383 e. The zero-order valence-electron chi connectivity index (χ0n) is 12.6. The molecule has 2 aromatic rings. The van der Waals surface area contributed by atoms with Gasteiger partial charge < -0.3 is 5.32 Å². The highest BCUT2D eigenvalue weighted by molar-refractivity contribution is 5.41. The van der Waals surface area contributed by atoms with Crippen molar-refractivity contribution in [2.24, 2.45) is 0 Å². The summed E-state index contributed by atoms with van der Waals surface area (Å²) in [5, 5.41) is 3.31. The molecule has 1 heterocycles. The van der Waals surface area contributed by atoms with Crippen LogP contribution in [0.4, 0.5) is 10.1 Å². The van der Waals surface area contributed by atoms with Crippen molar-refractivity contribution in [3.8, 4) is 0 Å². The molecular formula is C17H22FN3. The molecule has 1 aromatic heterocycles. The van der Waals surface area contributed by atoms with Crippen molar-refractivity contribution in [2.45, 2.75) is 19.9 Å². The quantitative estimate of drug-likeness (QED) is 0.787. The summed E-state index contributed by atoms with van der Waals surface area (Å²) in [6, 6.07) is 13.9. The van der Waals surface area contributed by atoms with Gasteiger partial charge in [-0.25, -0.2) is 4.98 Å². The Morgan fingerprint density at radius 2 is 1.86 bits per heavy atom. The molecule has 4 heteroatoms. The first-order chi connectivity index (χ1) is 10.2. The Morgan fingerprint density at radius 3 is 2.48 bits per heavy atom. The van der Waals surface area contributed by atoms with Gasteiger partial charge in [-0.05, 0) is 24.7 Å².